The molecule has 1 N–H and O–H groups in total. The maximum atomic E-state index is 11.3. The third-order valence-corrected chi connectivity index (χ3v) is 2.96. The van der Waals surface area contributed by atoms with Crippen LogP contribution in [-0.4, -0.2) is 15.9 Å². The number of aryl methyl sites for hydroxylation is 1. The standard InChI is InChI=1S/C14H13N3O2/c18-14-5-3-10-2-4-11(8-12(10)17-14)19-9-13-15-6-1-7-16-13/h1-2,4,6-8H,3,5,9H2,(H,17,18). The Balaban J connectivity index is 1.72. The second kappa shape index (κ2) is 5.06. The topological polar surface area (TPSA) is 64.1 Å². The smallest absolute Gasteiger partial charge is 0.224 e. The molecule has 1 aromatic carbocycles. The summed E-state index contributed by atoms with van der Waals surface area (Å²) < 4.78 is 5.62. The highest BCUT2D eigenvalue weighted by Gasteiger charge is 2.15. The van der Waals surface area contributed by atoms with Crippen molar-refractivity contribution in [3.05, 3.63) is 48.0 Å². The lowest BCUT2D eigenvalue weighted by atomic mass is 10.0. The average Bonchev–Trinajstić information content (AvgIpc) is 2.46. The number of carbonyl (C=O) groups is 1. The molecule has 0 saturated heterocycles. The molecule has 0 fully saturated rings. The largest absolute Gasteiger partial charge is 0.486 e. The third kappa shape index (κ3) is 2.70. The fourth-order valence-electron chi connectivity index (χ4n) is 1.99. The maximum Gasteiger partial charge on any atom is 0.224 e. The van der Waals surface area contributed by atoms with E-state index < -0.39 is 0 Å². The summed E-state index contributed by atoms with van der Waals surface area (Å²) in [5.74, 6) is 1.38. The number of hydrogen-bond acceptors (Lipinski definition) is 4. The van der Waals surface area contributed by atoms with E-state index in [0.29, 0.717) is 24.6 Å². The molecule has 0 radical (unpaired) electrons. The average molecular weight is 255 g/mol. The quantitative estimate of drug-likeness (QED) is 0.910. The molecule has 1 amide bonds. The van der Waals surface area contributed by atoms with Crippen molar-refractivity contribution < 1.29 is 9.53 Å². The van der Waals surface area contributed by atoms with Gasteiger partial charge in [-0.3, -0.25) is 4.79 Å². The van der Waals surface area contributed by atoms with Gasteiger partial charge in [-0.15, -0.1) is 0 Å². The van der Waals surface area contributed by atoms with E-state index in [0.717, 1.165) is 17.7 Å². The highest BCUT2D eigenvalue weighted by molar-refractivity contribution is 5.94. The summed E-state index contributed by atoms with van der Waals surface area (Å²) in [6.07, 6.45) is 4.69. The molecule has 5 heteroatoms. The fourth-order valence-corrected chi connectivity index (χ4v) is 1.99. The second-order valence-corrected chi connectivity index (χ2v) is 4.32. The van der Waals surface area contributed by atoms with E-state index in [9.17, 15) is 4.79 Å². The van der Waals surface area contributed by atoms with Crippen LogP contribution in [0.25, 0.3) is 0 Å². The lowest BCUT2D eigenvalue weighted by Crippen LogP contribution is -2.18. The molecule has 0 atom stereocenters. The first-order chi connectivity index (χ1) is 9.31. The number of nitrogens with zero attached hydrogens (tertiary/aromatic N) is 2. The number of hydrogen-bond donors (Lipinski definition) is 1. The Morgan fingerprint density at radius 1 is 1.21 bits per heavy atom. The van der Waals surface area contributed by atoms with Crippen molar-refractivity contribution in [3.8, 4) is 5.75 Å². The first-order valence-corrected chi connectivity index (χ1v) is 6.13. The number of benzene rings is 1. The van der Waals surface area contributed by atoms with Crippen LogP contribution < -0.4 is 10.1 Å². The maximum absolute atomic E-state index is 11.3. The normalized spacial score (nSPS) is 13.6. The Hall–Kier alpha value is -2.43. The summed E-state index contributed by atoms with van der Waals surface area (Å²) in [6.45, 7) is 0.313. The van der Waals surface area contributed by atoms with Gasteiger partial charge in [0, 0.05) is 30.6 Å². The Morgan fingerprint density at radius 2 is 2.05 bits per heavy atom. The van der Waals surface area contributed by atoms with E-state index in [2.05, 4.69) is 15.3 Å². The molecule has 0 saturated carbocycles. The summed E-state index contributed by atoms with van der Waals surface area (Å²) in [5, 5.41) is 2.85. The second-order valence-electron chi connectivity index (χ2n) is 4.32. The van der Waals surface area contributed by atoms with Crippen molar-refractivity contribution in [1.29, 1.82) is 0 Å². The van der Waals surface area contributed by atoms with Crippen molar-refractivity contribution >= 4 is 11.6 Å². The molecule has 1 aromatic heterocycles. The van der Waals surface area contributed by atoms with Crippen LogP contribution in [0.3, 0.4) is 0 Å². The lowest BCUT2D eigenvalue weighted by molar-refractivity contribution is -0.116. The Bertz CT molecular complexity index is 599. The van der Waals surface area contributed by atoms with Gasteiger partial charge in [-0.25, -0.2) is 9.97 Å². The molecule has 2 aromatic rings. The minimum atomic E-state index is 0.0519. The number of ether oxygens (including phenoxy) is 1. The number of carbonyl (C=O) groups excluding carboxylic acids is 1. The van der Waals surface area contributed by atoms with Crippen LogP contribution in [0.5, 0.6) is 5.75 Å². The van der Waals surface area contributed by atoms with Gasteiger partial charge in [0.15, 0.2) is 5.82 Å². The van der Waals surface area contributed by atoms with Gasteiger partial charge < -0.3 is 10.1 Å². The van der Waals surface area contributed by atoms with Crippen LogP contribution in [-0.2, 0) is 17.8 Å². The molecule has 19 heavy (non-hydrogen) atoms. The molecule has 0 bridgehead atoms. The number of fused-ring (bicyclic) bond motifs is 1. The van der Waals surface area contributed by atoms with Crippen molar-refractivity contribution in [2.75, 3.05) is 5.32 Å². The van der Waals surface area contributed by atoms with Crippen molar-refractivity contribution in [1.82, 2.24) is 9.97 Å². The Kier molecular flexibility index (Phi) is 3.10. The molecule has 3 rings (SSSR count). The van der Waals surface area contributed by atoms with Crippen LogP contribution in [0.15, 0.2) is 36.7 Å². The molecule has 0 unspecified atom stereocenters. The fraction of sp³-hybridized carbons (Fsp3) is 0.214. The molecule has 1 aliphatic rings. The number of anilines is 1. The van der Waals surface area contributed by atoms with Crippen molar-refractivity contribution in [3.63, 3.8) is 0 Å². The molecular formula is C14H13N3O2. The molecule has 2 heterocycles. The van der Waals surface area contributed by atoms with E-state index in [1.807, 2.05) is 18.2 Å². The summed E-state index contributed by atoms with van der Waals surface area (Å²) in [4.78, 5) is 19.5. The Morgan fingerprint density at radius 3 is 2.89 bits per heavy atom. The van der Waals surface area contributed by atoms with E-state index in [1.54, 1.807) is 18.5 Å². The molecular weight excluding hydrogens is 242 g/mol. The third-order valence-electron chi connectivity index (χ3n) is 2.96. The zero-order valence-electron chi connectivity index (χ0n) is 10.3. The minimum Gasteiger partial charge on any atom is -0.486 e. The number of rotatable bonds is 3. The molecule has 5 nitrogen and oxygen atoms in total. The monoisotopic (exact) mass is 255 g/mol. The van der Waals surface area contributed by atoms with Crippen LogP contribution >= 0.6 is 0 Å². The SMILES string of the molecule is O=C1CCc2ccc(OCc3ncccn3)cc2N1. The predicted octanol–water partition coefficient (Wildman–Crippen LogP) is 1.94. The molecule has 1 aliphatic heterocycles. The van der Waals surface area contributed by atoms with Gasteiger partial charge in [0.2, 0.25) is 5.91 Å². The minimum absolute atomic E-state index is 0.0519. The predicted molar refractivity (Wildman–Crippen MR) is 69.8 cm³/mol. The van der Waals surface area contributed by atoms with Gasteiger partial charge in [-0.2, -0.15) is 0 Å². The van der Waals surface area contributed by atoms with Crippen LogP contribution in [0, 0.1) is 0 Å². The number of aromatic nitrogens is 2. The number of nitrogens with one attached hydrogen (secondary N) is 1. The molecule has 96 valence electrons. The molecule has 0 aliphatic carbocycles. The van der Waals surface area contributed by atoms with Gasteiger partial charge in [0.25, 0.3) is 0 Å². The van der Waals surface area contributed by atoms with E-state index in [-0.39, 0.29) is 5.91 Å². The summed E-state index contributed by atoms with van der Waals surface area (Å²) in [5.41, 5.74) is 1.98. The van der Waals surface area contributed by atoms with Crippen molar-refractivity contribution in [2.45, 2.75) is 19.4 Å². The first-order valence-electron chi connectivity index (χ1n) is 6.13. The number of amides is 1. The van der Waals surface area contributed by atoms with Gasteiger partial charge in [0.05, 0.1) is 0 Å². The van der Waals surface area contributed by atoms with Gasteiger partial charge in [-0.05, 0) is 24.1 Å². The van der Waals surface area contributed by atoms with E-state index in [4.69, 9.17) is 4.74 Å². The van der Waals surface area contributed by atoms with Crippen LogP contribution in [0.4, 0.5) is 5.69 Å². The first kappa shape index (κ1) is 11.6. The molecule has 0 spiro atoms. The highest BCUT2D eigenvalue weighted by atomic mass is 16.5. The van der Waals surface area contributed by atoms with Gasteiger partial charge in [0.1, 0.15) is 12.4 Å². The zero-order valence-corrected chi connectivity index (χ0v) is 10.3. The van der Waals surface area contributed by atoms with Crippen LogP contribution in [0.2, 0.25) is 0 Å². The van der Waals surface area contributed by atoms with Crippen LogP contribution in [0.1, 0.15) is 17.8 Å². The Labute approximate surface area is 110 Å². The summed E-state index contributed by atoms with van der Waals surface area (Å²) in [7, 11) is 0. The van der Waals surface area contributed by atoms with E-state index >= 15 is 0 Å². The van der Waals surface area contributed by atoms with E-state index in [1.165, 1.54) is 0 Å². The lowest BCUT2D eigenvalue weighted by Gasteiger charge is -2.17. The summed E-state index contributed by atoms with van der Waals surface area (Å²) in [6, 6.07) is 7.49. The zero-order chi connectivity index (χ0) is 13.1. The summed E-state index contributed by atoms with van der Waals surface area (Å²) >= 11 is 0. The highest BCUT2D eigenvalue weighted by Crippen LogP contribution is 2.27. The van der Waals surface area contributed by atoms with Gasteiger partial charge >= 0.3 is 0 Å². The van der Waals surface area contributed by atoms with Crippen molar-refractivity contribution in [2.24, 2.45) is 0 Å². The van der Waals surface area contributed by atoms with Gasteiger partial charge in [-0.1, -0.05) is 6.07 Å².